The third-order valence-electron chi connectivity index (χ3n) is 4.08. The van der Waals surface area contributed by atoms with Crippen molar-refractivity contribution in [3.8, 4) is 5.75 Å². The summed E-state index contributed by atoms with van der Waals surface area (Å²) < 4.78 is 24.7. The topological polar surface area (TPSA) is 38.8 Å². The Morgan fingerprint density at radius 2 is 2.33 bits per heavy atom. The number of hydrogen-bond donors (Lipinski definition) is 0. The first-order valence-corrected chi connectivity index (χ1v) is 7.22. The molecule has 1 fully saturated rings. The van der Waals surface area contributed by atoms with Crippen molar-refractivity contribution in [3.05, 3.63) is 29.6 Å². The van der Waals surface area contributed by atoms with Crippen LogP contribution < -0.4 is 4.74 Å². The number of carbonyl (C=O) groups is 1. The minimum Gasteiger partial charge on any atom is -0.496 e. The molecular weight excluding hydrogens is 273 g/mol. The van der Waals surface area contributed by atoms with E-state index >= 15 is 0 Å². The van der Waals surface area contributed by atoms with Gasteiger partial charge in [-0.3, -0.25) is 4.90 Å². The second-order valence-corrected chi connectivity index (χ2v) is 5.47. The monoisotopic (exact) mass is 295 g/mol. The van der Waals surface area contributed by atoms with Crippen LogP contribution in [0.5, 0.6) is 5.75 Å². The van der Waals surface area contributed by atoms with Crippen LogP contribution >= 0.6 is 0 Å². The zero-order chi connectivity index (χ0) is 15.3. The van der Waals surface area contributed by atoms with Gasteiger partial charge in [-0.05, 0) is 38.1 Å². The van der Waals surface area contributed by atoms with E-state index in [2.05, 4.69) is 4.90 Å². The number of rotatable bonds is 6. The molecule has 0 spiro atoms. The average Bonchev–Trinajstić information content (AvgIpc) is 2.49. The highest BCUT2D eigenvalue weighted by atomic mass is 19.1. The van der Waals surface area contributed by atoms with Crippen LogP contribution in [0, 0.1) is 5.82 Å². The predicted molar refractivity (Wildman–Crippen MR) is 78.0 cm³/mol. The van der Waals surface area contributed by atoms with Gasteiger partial charge >= 0.3 is 0 Å². The molecule has 1 heterocycles. The van der Waals surface area contributed by atoms with E-state index in [0.29, 0.717) is 25.4 Å². The summed E-state index contributed by atoms with van der Waals surface area (Å²) in [5.74, 6) is 0.371. The molecule has 0 aromatic heterocycles. The normalized spacial score (nSPS) is 23.0. The lowest BCUT2D eigenvalue weighted by Crippen LogP contribution is -2.53. The molecule has 1 saturated heterocycles. The molecule has 5 heteroatoms. The largest absolute Gasteiger partial charge is 0.496 e. The van der Waals surface area contributed by atoms with Crippen LogP contribution in [0.25, 0.3) is 0 Å². The number of aldehydes is 1. The van der Waals surface area contributed by atoms with Gasteiger partial charge in [0, 0.05) is 18.5 Å². The molecule has 0 amide bonds. The molecule has 0 N–H and O–H groups in total. The van der Waals surface area contributed by atoms with Gasteiger partial charge in [0.1, 0.15) is 17.9 Å². The maximum absolute atomic E-state index is 13.7. The fraction of sp³-hybridized carbons (Fsp3) is 0.562. The SMILES string of the molecule is COc1ccc(F)cc1C1(C)COCCN1CCCC=O. The Bertz CT molecular complexity index is 494. The number of morpholine rings is 1. The molecule has 2 rings (SSSR count). The van der Waals surface area contributed by atoms with Crippen LogP contribution in [-0.2, 0) is 15.1 Å². The van der Waals surface area contributed by atoms with Gasteiger partial charge in [-0.15, -0.1) is 0 Å². The highest BCUT2D eigenvalue weighted by Gasteiger charge is 2.38. The molecule has 1 aromatic carbocycles. The minimum atomic E-state index is -0.450. The van der Waals surface area contributed by atoms with Gasteiger partial charge < -0.3 is 14.3 Å². The van der Waals surface area contributed by atoms with Crippen molar-refractivity contribution < 1.29 is 18.7 Å². The average molecular weight is 295 g/mol. The Kier molecular flexibility index (Phi) is 5.31. The van der Waals surface area contributed by atoms with Crippen molar-refractivity contribution >= 4 is 6.29 Å². The fourth-order valence-corrected chi connectivity index (χ4v) is 2.86. The van der Waals surface area contributed by atoms with Gasteiger partial charge in [-0.1, -0.05) is 0 Å². The molecule has 1 aliphatic heterocycles. The van der Waals surface area contributed by atoms with E-state index in [1.54, 1.807) is 13.2 Å². The second kappa shape index (κ2) is 7.00. The number of carbonyl (C=O) groups excluding carboxylic acids is 1. The van der Waals surface area contributed by atoms with Crippen LogP contribution in [-0.4, -0.2) is 44.6 Å². The smallest absolute Gasteiger partial charge is 0.124 e. The van der Waals surface area contributed by atoms with Crippen molar-refractivity contribution in [2.24, 2.45) is 0 Å². The first-order chi connectivity index (χ1) is 10.1. The number of ether oxygens (including phenoxy) is 2. The van der Waals surface area contributed by atoms with E-state index in [1.807, 2.05) is 6.92 Å². The number of nitrogens with zero attached hydrogens (tertiary/aromatic N) is 1. The van der Waals surface area contributed by atoms with Crippen LogP contribution in [0.4, 0.5) is 4.39 Å². The Balaban J connectivity index is 2.31. The van der Waals surface area contributed by atoms with Crippen LogP contribution in [0.2, 0.25) is 0 Å². The van der Waals surface area contributed by atoms with E-state index in [1.165, 1.54) is 12.1 Å². The summed E-state index contributed by atoms with van der Waals surface area (Å²) in [6.45, 7) is 4.69. The second-order valence-electron chi connectivity index (χ2n) is 5.47. The summed E-state index contributed by atoms with van der Waals surface area (Å²) >= 11 is 0. The summed E-state index contributed by atoms with van der Waals surface area (Å²) in [6, 6.07) is 4.56. The molecule has 4 nitrogen and oxygen atoms in total. The van der Waals surface area contributed by atoms with Crippen molar-refractivity contribution in [3.63, 3.8) is 0 Å². The van der Waals surface area contributed by atoms with Gasteiger partial charge in [0.15, 0.2) is 0 Å². The maximum atomic E-state index is 13.7. The third-order valence-corrected chi connectivity index (χ3v) is 4.08. The molecule has 0 bridgehead atoms. The number of hydrogen-bond acceptors (Lipinski definition) is 4. The van der Waals surface area contributed by atoms with Crippen LogP contribution in [0.15, 0.2) is 18.2 Å². The molecule has 1 unspecified atom stereocenters. The molecule has 21 heavy (non-hydrogen) atoms. The Labute approximate surface area is 124 Å². The van der Waals surface area contributed by atoms with Gasteiger partial charge in [0.2, 0.25) is 0 Å². The number of unbranched alkanes of at least 4 members (excludes halogenated alkanes) is 1. The molecule has 1 atom stereocenters. The Hall–Kier alpha value is -1.46. The molecular formula is C16H22FNO3. The quantitative estimate of drug-likeness (QED) is 0.596. The lowest BCUT2D eigenvalue weighted by atomic mass is 9.88. The maximum Gasteiger partial charge on any atom is 0.124 e. The lowest BCUT2D eigenvalue weighted by molar-refractivity contribution is -0.108. The molecule has 1 aliphatic rings. The fourth-order valence-electron chi connectivity index (χ4n) is 2.86. The molecule has 0 saturated carbocycles. The zero-order valence-electron chi connectivity index (χ0n) is 12.6. The van der Waals surface area contributed by atoms with E-state index < -0.39 is 5.54 Å². The number of benzene rings is 1. The van der Waals surface area contributed by atoms with E-state index in [9.17, 15) is 9.18 Å². The highest BCUT2D eigenvalue weighted by molar-refractivity contribution is 5.49. The molecule has 116 valence electrons. The highest BCUT2D eigenvalue weighted by Crippen LogP contribution is 2.37. The van der Waals surface area contributed by atoms with Gasteiger partial charge in [0.25, 0.3) is 0 Å². The van der Waals surface area contributed by atoms with E-state index in [0.717, 1.165) is 31.4 Å². The summed E-state index contributed by atoms with van der Waals surface area (Å²) in [5.41, 5.74) is 0.338. The van der Waals surface area contributed by atoms with Gasteiger partial charge in [-0.25, -0.2) is 4.39 Å². The summed E-state index contributed by atoms with van der Waals surface area (Å²) in [7, 11) is 1.58. The van der Waals surface area contributed by atoms with Crippen LogP contribution in [0.3, 0.4) is 0 Å². The first kappa shape index (κ1) is 15.9. The molecule has 0 radical (unpaired) electrons. The lowest BCUT2D eigenvalue weighted by Gasteiger charge is -2.45. The van der Waals surface area contributed by atoms with Gasteiger partial charge in [-0.2, -0.15) is 0 Å². The standard InChI is InChI=1S/C16H22FNO3/c1-16(14-11-13(17)5-6-15(14)20-2)12-21-10-8-18(16)7-3-4-9-19/h5-6,9,11H,3-4,7-8,10,12H2,1-2H3. The Morgan fingerprint density at radius 3 is 3.05 bits per heavy atom. The zero-order valence-corrected chi connectivity index (χ0v) is 12.6. The number of methoxy groups -OCH3 is 1. The first-order valence-electron chi connectivity index (χ1n) is 7.22. The number of halogens is 1. The predicted octanol–water partition coefficient (Wildman–Crippen LogP) is 2.36. The van der Waals surface area contributed by atoms with Crippen molar-refractivity contribution in [1.82, 2.24) is 4.90 Å². The summed E-state index contributed by atoms with van der Waals surface area (Å²) in [6.07, 6.45) is 2.25. The van der Waals surface area contributed by atoms with Crippen molar-refractivity contribution in [1.29, 1.82) is 0 Å². The Morgan fingerprint density at radius 1 is 1.52 bits per heavy atom. The van der Waals surface area contributed by atoms with E-state index in [4.69, 9.17) is 9.47 Å². The van der Waals surface area contributed by atoms with Crippen molar-refractivity contribution in [2.45, 2.75) is 25.3 Å². The molecule has 0 aliphatic carbocycles. The van der Waals surface area contributed by atoms with Gasteiger partial charge in [0.05, 0.1) is 25.9 Å². The third kappa shape index (κ3) is 3.41. The minimum absolute atomic E-state index is 0.287. The summed E-state index contributed by atoms with van der Waals surface area (Å²) in [5, 5.41) is 0. The molecule has 1 aromatic rings. The van der Waals surface area contributed by atoms with Crippen molar-refractivity contribution in [2.75, 3.05) is 33.4 Å². The summed E-state index contributed by atoms with van der Waals surface area (Å²) in [4.78, 5) is 12.8. The van der Waals surface area contributed by atoms with E-state index in [-0.39, 0.29) is 5.82 Å². The van der Waals surface area contributed by atoms with Crippen LogP contribution in [0.1, 0.15) is 25.3 Å².